The molecule has 1 aromatic rings. The Bertz CT molecular complexity index is 521. The lowest BCUT2D eigenvalue weighted by atomic mass is 10.1. The Morgan fingerprint density at radius 3 is 2.35 bits per heavy atom. The summed E-state index contributed by atoms with van der Waals surface area (Å²) in [6, 6.07) is 7.00. The predicted molar refractivity (Wildman–Crippen MR) is 67.0 cm³/mol. The molecule has 0 heterocycles. The Labute approximate surface area is 106 Å². The van der Waals surface area contributed by atoms with Crippen LogP contribution in [-0.2, 0) is 14.6 Å². The summed E-state index contributed by atoms with van der Waals surface area (Å²) in [6.07, 6.45) is 0.747. The van der Waals surface area contributed by atoms with E-state index in [1.54, 1.807) is 31.2 Å². The van der Waals surface area contributed by atoms with Gasteiger partial charge in [-0.1, -0.05) is 30.7 Å². The van der Waals surface area contributed by atoms with Gasteiger partial charge in [0.15, 0.2) is 9.84 Å². The molecule has 0 bridgehead atoms. The van der Waals surface area contributed by atoms with Gasteiger partial charge in [0.25, 0.3) is 0 Å². The summed E-state index contributed by atoms with van der Waals surface area (Å²) < 4.78 is 23.6. The van der Waals surface area contributed by atoms with Gasteiger partial charge in [-0.15, -0.1) is 0 Å². The van der Waals surface area contributed by atoms with Crippen molar-refractivity contribution in [3.8, 4) is 0 Å². The second kappa shape index (κ2) is 4.42. The molecule has 1 aromatic carbocycles. The third-order valence-corrected chi connectivity index (χ3v) is 5.73. The van der Waals surface area contributed by atoms with Gasteiger partial charge in [0.2, 0.25) is 0 Å². The van der Waals surface area contributed by atoms with Gasteiger partial charge >= 0.3 is 0 Å². The van der Waals surface area contributed by atoms with Crippen molar-refractivity contribution in [1.82, 2.24) is 0 Å². The van der Waals surface area contributed by atoms with Crippen molar-refractivity contribution in [3.63, 3.8) is 0 Å². The highest BCUT2D eigenvalue weighted by Crippen LogP contribution is 2.51. The first-order valence-corrected chi connectivity index (χ1v) is 7.53. The maximum Gasteiger partial charge on any atom is 0.154 e. The Morgan fingerprint density at radius 1 is 1.29 bits per heavy atom. The molecule has 1 fully saturated rings. The minimum atomic E-state index is -3.16. The SMILES string of the molecule is CCS(=O)(=O)[C@@H]1[C@@H](C=O)[C@@H]1c1ccc(Cl)cc1. The molecule has 3 atom stereocenters. The fourth-order valence-electron chi connectivity index (χ4n) is 2.22. The van der Waals surface area contributed by atoms with Gasteiger partial charge in [-0.3, -0.25) is 0 Å². The van der Waals surface area contributed by atoms with E-state index < -0.39 is 21.0 Å². The molecule has 0 N–H and O–H groups in total. The van der Waals surface area contributed by atoms with Gasteiger partial charge in [0, 0.05) is 22.6 Å². The van der Waals surface area contributed by atoms with Gasteiger partial charge < -0.3 is 4.79 Å². The fourth-order valence-corrected chi connectivity index (χ4v) is 4.14. The summed E-state index contributed by atoms with van der Waals surface area (Å²) in [5.41, 5.74) is 0.869. The van der Waals surface area contributed by atoms with Crippen molar-refractivity contribution >= 4 is 27.7 Å². The molecule has 0 saturated heterocycles. The van der Waals surface area contributed by atoms with E-state index in [0.717, 1.165) is 11.8 Å². The molecular formula is C12H13ClO3S. The summed E-state index contributed by atoms with van der Waals surface area (Å²) in [5, 5.41) is 0.0538. The van der Waals surface area contributed by atoms with Crippen LogP contribution in [-0.4, -0.2) is 25.7 Å². The van der Waals surface area contributed by atoms with Crippen LogP contribution in [0.3, 0.4) is 0 Å². The van der Waals surface area contributed by atoms with Crippen molar-refractivity contribution in [2.75, 3.05) is 5.75 Å². The molecule has 0 amide bonds. The van der Waals surface area contributed by atoms with Crippen LogP contribution in [0.4, 0.5) is 0 Å². The smallest absolute Gasteiger partial charge is 0.154 e. The van der Waals surface area contributed by atoms with E-state index in [1.165, 1.54) is 0 Å². The number of carbonyl (C=O) groups is 1. The van der Waals surface area contributed by atoms with Crippen molar-refractivity contribution < 1.29 is 13.2 Å². The van der Waals surface area contributed by atoms with E-state index >= 15 is 0 Å². The van der Waals surface area contributed by atoms with Crippen molar-refractivity contribution in [3.05, 3.63) is 34.9 Å². The molecule has 0 unspecified atom stereocenters. The zero-order valence-electron chi connectivity index (χ0n) is 9.34. The summed E-state index contributed by atoms with van der Waals surface area (Å²) in [7, 11) is -3.16. The lowest BCUT2D eigenvalue weighted by Crippen LogP contribution is -2.12. The van der Waals surface area contributed by atoms with Gasteiger partial charge in [0.1, 0.15) is 6.29 Å². The van der Waals surface area contributed by atoms with Crippen LogP contribution < -0.4 is 0 Å². The number of halogens is 1. The maximum absolute atomic E-state index is 11.8. The lowest BCUT2D eigenvalue weighted by molar-refractivity contribution is -0.108. The van der Waals surface area contributed by atoms with Crippen molar-refractivity contribution in [1.29, 1.82) is 0 Å². The van der Waals surface area contributed by atoms with Crippen LogP contribution in [0.15, 0.2) is 24.3 Å². The zero-order chi connectivity index (χ0) is 12.6. The minimum absolute atomic E-state index is 0.0755. The average molecular weight is 273 g/mol. The first-order chi connectivity index (χ1) is 8.01. The predicted octanol–water partition coefficient (Wildman–Crippen LogP) is 2.06. The van der Waals surface area contributed by atoms with Crippen LogP contribution in [0.5, 0.6) is 0 Å². The Balaban J connectivity index is 2.29. The Kier molecular flexibility index (Phi) is 3.27. The van der Waals surface area contributed by atoms with Crippen LogP contribution in [0, 0.1) is 5.92 Å². The summed E-state index contributed by atoms with van der Waals surface area (Å²) in [5.74, 6) is -0.526. The van der Waals surface area contributed by atoms with E-state index in [-0.39, 0.29) is 11.7 Å². The molecule has 92 valence electrons. The highest BCUT2D eigenvalue weighted by molar-refractivity contribution is 7.92. The molecule has 0 aromatic heterocycles. The van der Waals surface area contributed by atoms with Crippen LogP contribution >= 0.6 is 11.6 Å². The van der Waals surface area contributed by atoms with Crippen molar-refractivity contribution in [2.45, 2.75) is 18.1 Å². The number of aldehydes is 1. The third-order valence-electron chi connectivity index (χ3n) is 3.24. The molecule has 5 heteroatoms. The van der Waals surface area contributed by atoms with Gasteiger partial charge in [-0.05, 0) is 17.7 Å². The van der Waals surface area contributed by atoms with Crippen LogP contribution in [0.25, 0.3) is 0 Å². The number of sulfone groups is 1. The molecule has 1 aliphatic rings. The van der Waals surface area contributed by atoms with E-state index in [1.807, 2.05) is 0 Å². The second-order valence-electron chi connectivity index (χ2n) is 4.21. The quantitative estimate of drug-likeness (QED) is 0.789. The number of rotatable bonds is 4. The van der Waals surface area contributed by atoms with Gasteiger partial charge in [-0.2, -0.15) is 0 Å². The Morgan fingerprint density at radius 2 is 1.88 bits per heavy atom. The van der Waals surface area contributed by atoms with E-state index in [0.29, 0.717) is 5.02 Å². The average Bonchev–Trinajstić information content (AvgIpc) is 3.05. The van der Waals surface area contributed by atoms with Gasteiger partial charge in [0.05, 0.1) is 5.25 Å². The molecule has 0 radical (unpaired) electrons. The number of benzene rings is 1. The van der Waals surface area contributed by atoms with Crippen LogP contribution in [0.2, 0.25) is 5.02 Å². The van der Waals surface area contributed by atoms with Gasteiger partial charge in [-0.25, -0.2) is 8.42 Å². The van der Waals surface area contributed by atoms with Crippen molar-refractivity contribution in [2.24, 2.45) is 5.92 Å². The summed E-state index contributed by atoms with van der Waals surface area (Å²) >= 11 is 5.77. The van der Waals surface area contributed by atoms with E-state index in [4.69, 9.17) is 11.6 Å². The zero-order valence-corrected chi connectivity index (χ0v) is 10.9. The number of hydrogen-bond donors (Lipinski definition) is 0. The highest BCUT2D eigenvalue weighted by atomic mass is 35.5. The number of hydrogen-bond acceptors (Lipinski definition) is 3. The molecule has 17 heavy (non-hydrogen) atoms. The molecule has 1 saturated carbocycles. The van der Waals surface area contributed by atoms with E-state index in [2.05, 4.69) is 0 Å². The summed E-state index contributed by atoms with van der Waals surface area (Å²) in [4.78, 5) is 10.9. The Hall–Kier alpha value is -0.870. The standard InChI is InChI=1S/C12H13ClO3S/c1-2-17(15,16)12-10(7-14)11(12)8-3-5-9(13)6-4-8/h3-7,10-12H,2H2,1H3/t10-,11-,12+/m0/s1. The minimum Gasteiger partial charge on any atom is -0.303 e. The fraction of sp³-hybridized carbons (Fsp3) is 0.417. The molecule has 0 aliphatic heterocycles. The molecule has 1 aliphatic carbocycles. The second-order valence-corrected chi connectivity index (χ2v) is 7.09. The lowest BCUT2D eigenvalue weighted by Gasteiger charge is -2.00. The first-order valence-electron chi connectivity index (χ1n) is 5.43. The molecule has 3 nitrogen and oxygen atoms in total. The largest absolute Gasteiger partial charge is 0.303 e. The van der Waals surface area contributed by atoms with Crippen LogP contribution in [0.1, 0.15) is 18.4 Å². The third kappa shape index (κ3) is 2.24. The molecule has 0 spiro atoms. The topological polar surface area (TPSA) is 51.2 Å². The highest BCUT2D eigenvalue weighted by Gasteiger charge is 2.57. The molecule has 2 rings (SSSR count). The van der Waals surface area contributed by atoms with E-state index in [9.17, 15) is 13.2 Å². The first kappa shape index (κ1) is 12.6. The number of carbonyl (C=O) groups excluding carboxylic acids is 1. The summed E-state index contributed by atoms with van der Waals surface area (Å²) in [6.45, 7) is 1.61. The molecular weight excluding hydrogens is 260 g/mol. The maximum atomic E-state index is 11.8. The normalized spacial score (nSPS) is 27.8. The monoisotopic (exact) mass is 272 g/mol.